The molecule has 2 heterocycles. The molecule has 2 aromatic rings. The predicted molar refractivity (Wildman–Crippen MR) is 120 cm³/mol. The number of nitrogens with one attached hydrogen (secondary N) is 1. The molecule has 0 spiro atoms. The first-order valence-corrected chi connectivity index (χ1v) is 10.6. The van der Waals surface area contributed by atoms with Gasteiger partial charge in [-0.25, -0.2) is 0 Å². The SMILES string of the molecule is COc1ccc(OC)c([C@H]2CCCN2CC(=O)N2c3ccccc3NC(=O)C2(C)C)c1. The molecule has 1 fully saturated rings. The van der Waals surface area contributed by atoms with Gasteiger partial charge < -0.3 is 14.8 Å². The van der Waals surface area contributed by atoms with Gasteiger partial charge in [0.2, 0.25) is 11.8 Å². The lowest BCUT2D eigenvalue weighted by atomic mass is 9.96. The van der Waals surface area contributed by atoms with E-state index >= 15 is 0 Å². The fourth-order valence-corrected chi connectivity index (χ4v) is 4.61. The number of methoxy groups -OCH3 is 2. The summed E-state index contributed by atoms with van der Waals surface area (Å²) in [7, 11) is 3.30. The number of nitrogens with zero attached hydrogens (tertiary/aromatic N) is 2. The van der Waals surface area contributed by atoms with Crippen LogP contribution in [0.15, 0.2) is 42.5 Å². The van der Waals surface area contributed by atoms with Crippen molar-refractivity contribution in [3.63, 3.8) is 0 Å². The second kappa shape index (κ2) is 8.23. The van der Waals surface area contributed by atoms with Gasteiger partial charge in [-0.05, 0) is 63.6 Å². The van der Waals surface area contributed by atoms with Gasteiger partial charge in [-0.15, -0.1) is 0 Å². The van der Waals surface area contributed by atoms with Crippen LogP contribution < -0.4 is 19.7 Å². The number of ether oxygens (including phenoxy) is 2. The Labute approximate surface area is 182 Å². The highest BCUT2D eigenvalue weighted by Crippen LogP contribution is 2.40. The molecular weight excluding hydrogens is 394 g/mol. The fourth-order valence-electron chi connectivity index (χ4n) is 4.61. The maximum absolute atomic E-state index is 13.6. The van der Waals surface area contributed by atoms with Gasteiger partial charge in [-0.1, -0.05) is 12.1 Å². The lowest BCUT2D eigenvalue weighted by molar-refractivity contribution is -0.127. The topological polar surface area (TPSA) is 71.1 Å². The number of para-hydroxylation sites is 2. The molecule has 31 heavy (non-hydrogen) atoms. The van der Waals surface area contributed by atoms with Crippen LogP contribution in [0.2, 0.25) is 0 Å². The van der Waals surface area contributed by atoms with Gasteiger partial charge >= 0.3 is 0 Å². The molecule has 0 unspecified atom stereocenters. The van der Waals surface area contributed by atoms with Crippen molar-refractivity contribution in [3.05, 3.63) is 48.0 Å². The Morgan fingerprint density at radius 3 is 2.68 bits per heavy atom. The Bertz CT molecular complexity index is 1000. The van der Waals surface area contributed by atoms with Gasteiger partial charge in [0, 0.05) is 11.6 Å². The summed E-state index contributed by atoms with van der Waals surface area (Å²) in [6.07, 6.45) is 1.91. The van der Waals surface area contributed by atoms with Gasteiger partial charge in [0.25, 0.3) is 0 Å². The van der Waals surface area contributed by atoms with Crippen LogP contribution in [0.3, 0.4) is 0 Å². The number of carbonyl (C=O) groups is 2. The number of carbonyl (C=O) groups excluding carboxylic acids is 2. The lowest BCUT2D eigenvalue weighted by Crippen LogP contribution is -2.60. The quantitative estimate of drug-likeness (QED) is 0.796. The lowest BCUT2D eigenvalue weighted by Gasteiger charge is -2.43. The number of fused-ring (bicyclic) bond motifs is 1. The molecule has 7 nitrogen and oxygen atoms in total. The van der Waals surface area contributed by atoms with Crippen LogP contribution in [0, 0.1) is 0 Å². The van der Waals surface area contributed by atoms with E-state index in [4.69, 9.17) is 9.47 Å². The molecule has 2 amide bonds. The van der Waals surface area contributed by atoms with Crippen molar-refractivity contribution in [2.45, 2.75) is 38.3 Å². The summed E-state index contributed by atoms with van der Waals surface area (Å²) in [5.74, 6) is 1.26. The number of hydrogen-bond acceptors (Lipinski definition) is 5. The molecule has 2 aliphatic rings. The largest absolute Gasteiger partial charge is 0.497 e. The van der Waals surface area contributed by atoms with Crippen LogP contribution in [-0.2, 0) is 9.59 Å². The van der Waals surface area contributed by atoms with Crippen molar-refractivity contribution in [2.75, 3.05) is 37.5 Å². The highest BCUT2D eigenvalue weighted by molar-refractivity contribution is 6.14. The van der Waals surface area contributed by atoms with Crippen molar-refractivity contribution in [2.24, 2.45) is 0 Å². The Kier molecular flexibility index (Phi) is 5.62. The minimum atomic E-state index is -0.978. The van der Waals surface area contributed by atoms with Crippen LogP contribution in [0.25, 0.3) is 0 Å². The normalized spacial score (nSPS) is 20.2. The van der Waals surface area contributed by atoms with Crippen molar-refractivity contribution in [3.8, 4) is 11.5 Å². The van der Waals surface area contributed by atoms with Crippen LogP contribution in [0.1, 0.15) is 38.3 Å². The van der Waals surface area contributed by atoms with Crippen LogP contribution in [0.4, 0.5) is 11.4 Å². The van der Waals surface area contributed by atoms with E-state index in [0.29, 0.717) is 5.69 Å². The fraction of sp³-hybridized carbons (Fsp3) is 0.417. The molecule has 2 aliphatic heterocycles. The van der Waals surface area contributed by atoms with Crippen molar-refractivity contribution in [1.29, 1.82) is 0 Å². The van der Waals surface area contributed by atoms with Gasteiger partial charge in [-0.3, -0.25) is 19.4 Å². The third kappa shape index (κ3) is 3.74. The Morgan fingerprint density at radius 1 is 1.16 bits per heavy atom. The molecule has 1 N–H and O–H groups in total. The first-order valence-electron chi connectivity index (χ1n) is 10.6. The molecule has 0 aromatic heterocycles. The average Bonchev–Trinajstić information content (AvgIpc) is 3.21. The third-order valence-electron chi connectivity index (χ3n) is 6.26. The standard InChI is InChI=1S/C24H29N3O4/c1-24(2)23(29)25-18-8-5-6-9-20(18)27(24)22(28)15-26-13-7-10-19(26)17-14-16(30-3)11-12-21(17)31-4/h5-6,8-9,11-12,14,19H,7,10,13,15H2,1-4H3,(H,25,29)/t19-/m1/s1. The monoisotopic (exact) mass is 423 g/mol. The van der Waals surface area contributed by atoms with Crippen molar-refractivity contribution >= 4 is 23.2 Å². The predicted octanol–water partition coefficient (Wildman–Crippen LogP) is 3.60. The van der Waals surface area contributed by atoms with E-state index in [-0.39, 0.29) is 24.4 Å². The van der Waals surface area contributed by atoms with Crippen molar-refractivity contribution < 1.29 is 19.1 Å². The molecule has 164 valence electrons. The molecule has 4 rings (SSSR count). The molecule has 0 radical (unpaired) electrons. The second-order valence-corrected chi connectivity index (χ2v) is 8.50. The van der Waals surface area contributed by atoms with Gasteiger partial charge in [0.1, 0.15) is 17.0 Å². The van der Waals surface area contributed by atoms with Crippen LogP contribution >= 0.6 is 0 Å². The molecule has 0 aliphatic carbocycles. The van der Waals surface area contributed by atoms with Gasteiger partial charge in [-0.2, -0.15) is 0 Å². The molecule has 1 atom stereocenters. The summed E-state index contributed by atoms with van der Waals surface area (Å²) < 4.78 is 11.0. The van der Waals surface area contributed by atoms with E-state index in [0.717, 1.165) is 42.1 Å². The van der Waals surface area contributed by atoms with E-state index in [1.54, 1.807) is 33.0 Å². The number of anilines is 2. The smallest absolute Gasteiger partial charge is 0.250 e. The minimum Gasteiger partial charge on any atom is -0.497 e. The van der Waals surface area contributed by atoms with E-state index in [1.807, 2.05) is 42.5 Å². The second-order valence-electron chi connectivity index (χ2n) is 8.50. The molecule has 0 bridgehead atoms. The number of hydrogen-bond donors (Lipinski definition) is 1. The third-order valence-corrected chi connectivity index (χ3v) is 6.26. The summed E-state index contributed by atoms with van der Waals surface area (Å²) in [5, 5.41) is 2.91. The first-order chi connectivity index (χ1) is 14.9. The highest BCUT2D eigenvalue weighted by Gasteiger charge is 2.44. The summed E-state index contributed by atoms with van der Waals surface area (Å²) in [5.41, 5.74) is 1.43. The first kappa shape index (κ1) is 21.2. The van der Waals surface area contributed by atoms with E-state index < -0.39 is 5.54 Å². The Hall–Kier alpha value is -3.06. The van der Waals surface area contributed by atoms with E-state index in [2.05, 4.69) is 10.2 Å². The van der Waals surface area contributed by atoms with E-state index in [9.17, 15) is 9.59 Å². The highest BCUT2D eigenvalue weighted by atomic mass is 16.5. The molecular formula is C24H29N3O4. The minimum absolute atomic E-state index is 0.0472. The van der Waals surface area contributed by atoms with E-state index in [1.165, 1.54) is 0 Å². The number of likely N-dealkylation sites (tertiary alicyclic amines) is 1. The molecule has 2 aromatic carbocycles. The Morgan fingerprint density at radius 2 is 1.94 bits per heavy atom. The zero-order valence-electron chi connectivity index (χ0n) is 18.5. The summed E-state index contributed by atoms with van der Waals surface area (Å²) in [4.78, 5) is 30.1. The van der Waals surface area contributed by atoms with Crippen molar-refractivity contribution in [1.82, 2.24) is 4.90 Å². The van der Waals surface area contributed by atoms with Crippen LogP contribution in [-0.4, -0.2) is 49.6 Å². The maximum Gasteiger partial charge on any atom is 0.250 e. The van der Waals surface area contributed by atoms with Gasteiger partial charge in [0.15, 0.2) is 0 Å². The number of amides is 2. The zero-order valence-corrected chi connectivity index (χ0v) is 18.5. The zero-order chi connectivity index (χ0) is 22.2. The molecule has 0 saturated carbocycles. The molecule has 7 heteroatoms. The van der Waals surface area contributed by atoms with Gasteiger partial charge in [0.05, 0.1) is 32.1 Å². The average molecular weight is 424 g/mol. The number of benzene rings is 2. The summed E-state index contributed by atoms with van der Waals surface area (Å²) in [6, 6.07) is 13.2. The van der Waals surface area contributed by atoms with Crippen LogP contribution in [0.5, 0.6) is 11.5 Å². The Balaban J connectivity index is 1.63. The number of rotatable bonds is 5. The summed E-state index contributed by atoms with van der Waals surface area (Å²) in [6.45, 7) is 4.58. The molecule has 1 saturated heterocycles. The summed E-state index contributed by atoms with van der Waals surface area (Å²) >= 11 is 0. The maximum atomic E-state index is 13.6.